The van der Waals surface area contributed by atoms with Crippen LogP contribution in [-0.2, 0) is 4.43 Å². The molecule has 0 aliphatic carbocycles. The van der Waals surface area contributed by atoms with E-state index in [4.69, 9.17) is 4.43 Å². The van der Waals surface area contributed by atoms with E-state index >= 15 is 0 Å². The van der Waals surface area contributed by atoms with Gasteiger partial charge in [0.25, 0.3) is 0 Å². The number of hydrogen-bond acceptors (Lipinski definition) is 1. The van der Waals surface area contributed by atoms with Crippen LogP contribution in [0, 0.1) is 5.92 Å². The van der Waals surface area contributed by atoms with Gasteiger partial charge in [-0.1, -0.05) is 30.3 Å². The van der Waals surface area contributed by atoms with Crippen LogP contribution in [0.3, 0.4) is 0 Å². The van der Waals surface area contributed by atoms with Crippen molar-refractivity contribution in [2.24, 2.45) is 5.92 Å². The first-order valence-corrected chi connectivity index (χ1v) is 7.90. The van der Waals surface area contributed by atoms with Gasteiger partial charge < -0.3 is 4.43 Å². The first-order chi connectivity index (χ1) is 9.19. The van der Waals surface area contributed by atoms with Crippen molar-refractivity contribution in [3.05, 3.63) is 30.3 Å². The Hall–Kier alpha value is -1.02. The second kappa shape index (κ2) is 5.40. The molecular weight excluding hydrogens is 302 g/mol. The minimum atomic E-state index is -5.00. The van der Waals surface area contributed by atoms with Gasteiger partial charge in [-0.05, 0) is 17.7 Å². The molecule has 1 fully saturated rings. The Kier molecular flexibility index (Phi) is 4.15. The lowest BCUT2D eigenvalue weighted by atomic mass is 9.98. The van der Waals surface area contributed by atoms with E-state index in [9.17, 15) is 26.3 Å². The lowest BCUT2D eigenvalue weighted by molar-refractivity contribution is -0.273. The molecule has 1 aromatic rings. The largest absolute Gasteiger partial charge is 0.414 e. The smallest absolute Gasteiger partial charge is 0.403 e. The minimum absolute atomic E-state index is 0.0563. The third-order valence-electron chi connectivity index (χ3n) is 3.33. The molecule has 0 amide bonds. The highest BCUT2D eigenvalue weighted by Gasteiger charge is 2.58. The Labute approximate surface area is 113 Å². The van der Waals surface area contributed by atoms with Crippen LogP contribution in [0.1, 0.15) is 6.42 Å². The highest BCUT2D eigenvalue weighted by Crippen LogP contribution is 2.43. The minimum Gasteiger partial charge on any atom is -0.403 e. The Morgan fingerprint density at radius 3 is 2.05 bits per heavy atom. The summed E-state index contributed by atoms with van der Waals surface area (Å²) in [6.45, 7) is 0. The molecule has 1 heterocycles. The summed E-state index contributed by atoms with van der Waals surface area (Å²) in [4.78, 5) is 0. The molecule has 3 unspecified atom stereocenters. The van der Waals surface area contributed by atoms with Crippen molar-refractivity contribution in [3.63, 3.8) is 0 Å². The molecule has 1 nitrogen and oxygen atoms in total. The SMILES string of the molecule is FC(F)(F)C1CC[SiH](c2ccccc2)OC1C(F)(F)F. The molecule has 0 saturated carbocycles. The molecule has 8 heteroatoms. The quantitative estimate of drug-likeness (QED) is 0.571. The number of alkyl halides is 6. The van der Waals surface area contributed by atoms with Crippen molar-refractivity contribution in [3.8, 4) is 0 Å². The van der Waals surface area contributed by atoms with Crippen molar-refractivity contribution in [2.45, 2.75) is 30.9 Å². The summed E-state index contributed by atoms with van der Waals surface area (Å²) in [6, 6.07) is 8.26. The number of benzene rings is 1. The topological polar surface area (TPSA) is 9.23 Å². The number of rotatable bonds is 1. The Morgan fingerprint density at radius 1 is 0.950 bits per heavy atom. The van der Waals surface area contributed by atoms with Gasteiger partial charge >= 0.3 is 12.4 Å². The summed E-state index contributed by atoms with van der Waals surface area (Å²) in [7, 11) is -2.47. The molecule has 0 aromatic heterocycles. The molecule has 1 aliphatic heterocycles. The van der Waals surface area contributed by atoms with Gasteiger partial charge in [-0.25, -0.2) is 0 Å². The summed E-state index contributed by atoms with van der Waals surface area (Å²) in [5, 5.41) is 0.599. The van der Waals surface area contributed by atoms with E-state index in [1.165, 1.54) is 0 Å². The van der Waals surface area contributed by atoms with Crippen molar-refractivity contribution >= 4 is 14.2 Å². The maximum Gasteiger partial charge on any atom is 0.414 e. The standard InChI is InChI=1S/C12H12F6OSi/c13-11(14,15)9-6-7-20(8-4-2-1-3-5-8)19-10(9)12(16,17)18/h1-5,9-10,20H,6-7H2. The molecular formula is C12H12F6OSi. The van der Waals surface area contributed by atoms with Gasteiger partial charge in [0.1, 0.15) is 0 Å². The molecule has 0 bridgehead atoms. The second-order valence-corrected chi connectivity index (χ2v) is 7.22. The van der Waals surface area contributed by atoms with Crippen molar-refractivity contribution in [1.29, 1.82) is 0 Å². The molecule has 0 radical (unpaired) electrons. The lowest BCUT2D eigenvalue weighted by Gasteiger charge is -2.38. The fourth-order valence-corrected chi connectivity index (χ4v) is 5.01. The van der Waals surface area contributed by atoms with Gasteiger partial charge in [0, 0.05) is 0 Å². The lowest BCUT2D eigenvalue weighted by Crippen LogP contribution is -2.54. The molecule has 2 rings (SSSR count). The van der Waals surface area contributed by atoms with E-state index in [0.717, 1.165) is 0 Å². The first-order valence-electron chi connectivity index (χ1n) is 6.03. The Balaban J connectivity index is 2.22. The van der Waals surface area contributed by atoms with Crippen molar-refractivity contribution in [1.82, 2.24) is 0 Å². The van der Waals surface area contributed by atoms with Gasteiger partial charge in [-0.3, -0.25) is 0 Å². The Morgan fingerprint density at radius 2 is 1.55 bits per heavy atom. The van der Waals surface area contributed by atoms with E-state index in [1.54, 1.807) is 30.3 Å². The first kappa shape index (κ1) is 15.4. The van der Waals surface area contributed by atoms with Gasteiger partial charge in [-0.2, -0.15) is 26.3 Å². The zero-order valence-corrected chi connectivity index (χ0v) is 11.4. The molecule has 0 N–H and O–H groups in total. The monoisotopic (exact) mass is 314 g/mol. The normalized spacial score (nSPS) is 28.4. The molecule has 1 saturated heterocycles. The van der Waals surface area contributed by atoms with Crippen molar-refractivity contribution < 1.29 is 30.8 Å². The average molecular weight is 314 g/mol. The Bertz CT molecular complexity index is 444. The third kappa shape index (κ3) is 3.35. The summed E-state index contributed by atoms with van der Waals surface area (Å²) in [5.41, 5.74) is 0. The van der Waals surface area contributed by atoms with Crippen LogP contribution in [0.4, 0.5) is 26.3 Å². The van der Waals surface area contributed by atoms with E-state index in [1.807, 2.05) is 0 Å². The van der Waals surface area contributed by atoms with E-state index in [2.05, 4.69) is 0 Å². The van der Waals surface area contributed by atoms with Crippen LogP contribution in [0.5, 0.6) is 0 Å². The van der Waals surface area contributed by atoms with Gasteiger partial charge in [0.15, 0.2) is 6.10 Å². The van der Waals surface area contributed by atoms with Gasteiger partial charge in [0.05, 0.1) is 5.92 Å². The van der Waals surface area contributed by atoms with E-state index in [-0.39, 0.29) is 6.04 Å². The predicted octanol–water partition coefficient (Wildman–Crippen LogP) is 3.15. The highest BCUT2D eigenvalue weighted by atomic mass is 28.3. The maximum absolute atomic E-state index is 12.8. The third-order valence-corrected chi connectivity index (χ3v) is 5.94. The zero-order chi connectivity index (χ0) is 15.0. The number of hydrogen-bond donors (Lipinski definition) is 0. The summed E-state index contributed by atoms with van der Waals surface area (Å²) >= 11 is 0. The fourth-order valence-electron chi connectivity index (χ4n) is 2.38. The average Bonchev–Trinajstić information content (AvgIpc) is 2.37. The van der Waals surface area contributed by atoms with Gasteiger partial charge in [0.2, 0.25) is 9.04 Å². The molecule has 1 aromatic carbocycles. The molecule has 1 aliphatic rings. The van der Waals surface area contributed by atoms with Crippen LogP contribution < -0.4 is 5.19 Å². The number of halogens is 6. The van der Waals surface area contributed by atoms with Gasteiger partial charge in [-0.15, -0.1) is 0 Å². The summed E-state index contributed by atoms with van der Waals surface area (Å²) < 4.78 is 81.4. The van der Waals surface area contributed by atoms with Crippen molar-refractivity contribution in [2.75, 3.05) is 0 Å². The highest BCUT2D eigenvalue weighted by molar-refractivity contribution is 6.67. The van der Waals surface area contributed by atoms with Crippen LogP contribution >= 0.6 is 0 Å². The zero-order valence-electron chi connectivity index (χ0n) is 10.2. The van der Waals surface area contributed by atoms with Crippen LogP contribution in [0.15, 0.2) is 30.3 Å². The fraction of sp³-hybridized carbons (Fsp3) is 0.500. The maximum atomic E-state index is 12.8. The van der Waals surface area contributed by atoms with Crippen LogP contribution in [0.2, 0.25) is 6.04 Å². The molecule has 20 heavy (non-hydrogen) atoms. The van der Waals surface area contributed by atoms with E-state index < -0.39 is 39.8 Å². The molecule has 112 valence electrons. The van der Waals surface area contributed by atoms with E-state index in [0.29, 0.717) is 5.19 Å². The van der Waals surface area contributed by atoms with Crippen LogP contribution in [-0.4, -0.2) is 27.5 Å². The molecule has 3 atom stereocenters. The predicted molar refractivity (Wildman–Crippen MR) is 63.1 cm³/mol. The molecule has 0 spiro atoms. The van der Waals surface area contributed by atoms with Crippen LogP contribution in [0.25, 0.3) is 0 Å². The summed E-state index contributed by atoms with van der Waals surface area (Å²) in [5.74, 6) is -2.46. The second-order valence-electron chi connectivity index (χ2n) is 4.72. The summed E-state index contributed by atoms with van der Waals surface area (Å²) in [6.07, 6.45) is -13.2.